The van der Waals surface area contributed by atoms with Crippen molar-refractivity contribution in [2.45, 2.75) is 37.7 Å². The molecule has 1 aromatic carbocycles. The molecule has 1 heterocycles. The quantitative estimate of drug-likeness (QED) is 0.915. The molecule has 3 nitrogen and oxygen atoms in total. The summed E-state index contributed by atoms with van der Waals surface area (Å²) in [6, 6.07) is 8.46. The van der Waals surface area contributed by atoms with E-state index < -0.39 is 5.60 Å². The number of aliphatic hydroxyl groups is 1. The Morgan fingerprint density at radius 2 is 2.11 bits per heavy atom. The van der Waals surface area contributed by atoms with Crippen LogP contribution in [0.4, 0.5) is 0 Å². The molecule has 1 N–H and O–H groups in total. The standard InChI is InChI=1S/C16H20N2O/c1-18-12-13(11-17-18)6-8-16(19)9-7-14-4-2-3-5-15(14)10-16/h2-5,11-12,19H,6-10H2,1H3. The molecule has 0 radical (unpaired) electrons. The van der Waals surface area contributed by atoms with Gasteiger partial charge in [0.2, 0.25) is 0 Å². The fourth-order valence-electron chi connectivity index (χ4n) is 2.98. The molecule has 100 valence electrons. The van der Waals surface area contributed by atoms with E-state index in [0.717, 1.165) is 32.1 Å². The lowest BCUT2D eigenvalue weighted by atomic mass is 9.78. The summed E-state index contributed by atoms with van der Waals surface area (Å²) >= 11 is 0. The second-order valence-electron chi connectivity index (χ2n) is 5.69. The van der Waals surface area contributed by atoms with Gasteiger partial charge in [0.25, 0.3) is 0 Å². The van der Waals surface area contributed by atoms with E-state index in [-0.39, 0.29) is 0 Å². The molecular formula is C16H20N2O. The van der Waals surface area contributed by atoms with E-state index in [9.17, 15) is 5.11 Å². The first-order valence-electron chi connectivity index (χ1n) is 6.91. The van der Waals surface area contributed by atoms with Crippen LogP contribution < -0.4 is 0 Å². The predicted octanol–water partition coefficient (Wildman–Crippen LogP) is 2.27. The first-order chi connectivity index (χ1) is 9.15. The lowest BCUT2D eigenvalue weighted by molar-refractivity contribution is 0.0182. The molecule has 0 fully saturated rings. The predicted molar refractivity (Wildman–Crippen MR) is 74.9 cm³/mol. The third-order valence-electron chi connectivity index (χ3n) is 4.13. The second-order valence-corrected chi connectivity index (χ2v) is 5.69. The van der Waals surface area contributed by atoms with Crippen molar-refractivity contribution in [3.05, 3.63) is 53.3 Å². The Balaban J connectivity index is 1.68. The molecule has 1 aromatic heterocycles. The molecule has 1 atom stereocenters. The van der Waals surface area contributed by atoms with Crippen LogP contribution >= 0.6 is 0 Å². The van der Waals surface area contributed by atoms with Crippen LogP contribution in [-0.4, -0.2) is 20.5 Å². The van der Waals surface area contributed by atoms with E-state index in [1.54, 1.807) is 0 Å². The SMILES string of the molecule is Cn1cc(CCC2(O)CCc3ccccc3C2)cn1. The molecule has 0 saturated carbocycles. The first kappa shape index (κ1) is 12.4. The van der Waals surface area contributed by atoms with Crippen LogP contribution in [0.1, 0.15) is 29.5 Å². The summed E-state index contributed by atoms with van der Waals surface area (Å²) in [5.41, 5.74) is 3.36. The number of aryl methyl sites for hydroxylation is 3. The van der Waals surface area contributed by atoms with Gasteiger partial charge < -0.3 is 5.11 Å². The highest BCUT2D eigenvalue weighted by atomic mass is 16.3. The molecule has 0 spiro atoms. The van der Waals surface area contributed by atoms with Gasteiger partial charge in [-0.15, -0.1) is 0 Å². The lowest BCUT2D eigenvalue weighted by Gasteiger charge is -2.33. The van der Waals surface area contributed by atoms with Gasteiger partial charge in [0, 0.05) is 19.7 Å². The van der Waals surface area contributed by atoms with Gasteiger partial charge in [0.1, 0.15) is 0 Å². The van der Waals surface area contributed by atoms with Gasteiger partial charge in [-0.1, -0.05) is 24.3 Å². The van der Waals surface area contributed by atoms with Gasteiger partial charge in [-0.25, -0.2) is 0 Å². The first-order valence-corrected chi connectivity index (χ1v) is 6.91. The monoisotopic (exact) mass is 256 g/mol. The summed E-state index contributed by atoms with van der Waals surface area (Å²) in [7, 11) is 1.93. The maximum Gasteiger partial charge on any atom is 0.0694 e. The highest BCUT2D eigenvalue weighted by molar-refractivity contribution is 5.31. The van der Waals surface area contributed by atoms with Crippen LogP contribution in [-0.2, 0) is 26.3 Å². The number of hydrogen-bond donors (Lipinski definition) is 1. The number of nitrogens with zero attached hydrogens (tertiary/aromatic N) is 2. The molecule has 1 aliphatic carbocycles. The Bertz CT molecular complexity index is 576. The van der Waals surface area contributed by atoms with E-state index in [1.165, 1.54) is 16.7 Å². The smallest absolute Gasteiger partial charge is 0.0694 e. The number of aromatic nitrogens is 2. The van der Waals surface area contributed by atoms with Crippen molar-refractivity contribution < 1.29 is 5.11 Å². The molecular weight excluding hydrogens is 236 g/mol. The maximum absolute atomic E-state index is 10.8. The van der Waals surface area contributed by atoms with E-state index in [1.807, 2.05) is 24.1 Å². The van der Waals surface area contributed by atoms with E-state index in [4.69, 9.17) is 0 Å². The molecule has 1 unspecified atom stereocenters. The van der Waals surface area contributed by atoms with Crippen molar-refractivity contribution >= 4 is 0 Å². The molecule has 1 aliphatic rings. The molecule has 3 rings (SSSR count). The summed E-state index contributed by atoms with van der Waals surface area (Å²) in [4.78, 5) is 0. The van der Waals surface area contributed by atoms with Crippen molar-refractivity contribution in [2.24, 2.45) is 7.05 Å². The van der Waals surface area contributed by atoms with Gasteiger partial charge in [0.05, 0.1) is 11.8 Å². The minimum absolute atomic E-state index is 0.551. The third kappa shape index (κ3) is 2.71. The number of hydrogen-bond acceptors (Lipinski definition) is 2. The van der Waals surface area contributed by atoms with Gasteiger partial charge in [-0.3, -0.25) is 4.68 Å². The zero-order valence-electron chi connectivity index (χ0n) is 11.3. The highest BCUT2D eigenvalue weighted by Gasteiger charge is 2.31. The summed E-state index contributed by atoms with van der Waals surface area (Å²) in [6.45, 7) is 0. The van der Waals surface area contributed by atoms with Gasteiger partial charge >= 0.3 is 0 Å². The molecule has 0 saturated heterocycles. The Labute approximate surface area is 113 Å². The molecule has 19 heavy (non-hydrogen) atoms. The minimum Gasteiger partial charge on any atom is -0.390 e. The number of rotatable bonds is 3. The minimum atomic E-state index is -0.551. The maximum atomic E-state index is 10.8. The van der Waals surface area contributed by atoms with Gasteiger partial charge in [-0.2, -0.15) is 5.10 Å². The van der Waals surface area contributed by atoms with Crippen molar-refractivity contribution in [3.63, 3.8) is 0 Å². The Kier molecular flexibility index (Phi) is 3.15. The second kappa shape index (κ2) is 4.82. The highest BCUT2D eigenvalue weighted by Crippen LogP contribution is 2.31. The van der Waals surface area contributed by atoms with Crippen molar-refractivity contribution in [3.8, 4) is 0 Å². The normalized spacial score (nSPS) is 22.2. The molecule has 0 amide bonds. The molecule has 2 aromatic rings. The van der Waals surface area contributed by atoms with Crippen molar-refractivity contribution in [2.75, 3.05) is 0 Å². The molecule has 0 bridgehead atoms. The fourth-order valence-corrected chi connectivity index (χ4v) is 2.98. The van der Waals surface area contributed by atoms with Crippen LogP contribution in [0.3, 0.4) is 0 Å². The topological polar surface area (TPSA) is 38.0 Å². The van der Waals surface area contributed by atoms with E-state index >= 15 is 0 Å². The lowest BCUT2D eigenvalue weighted by Crippen LogP contribution is -2.36. The fraction of sp³-hybridized carbons (Fsp3) is 0.438. The average molecular weight is 256 g/mol. The Morgan fingerprint density at radius 3 is 2.84 bits per heavy atom. The zero-order chi connectivity index (χ0) is 13.3. The molecule has 0 aliphatic heterocycles. The van der Waals surface area contributed by atoms with Crippen LogP contribution in [0.5, 0.6) is 0 Å². The van der Waals surface area contributed by atoms with Crippen LogP contribution in [0.15, 0.2) is 36.7 Å². The van der Waals surface area contributed by atoms with Gasteiger partial charge in [0.15, 0.2) is 0 Å². The summed E-state index contributed by atoms with van der Waals surface area (Å²) in [6.07, 6.45) is 8.26. The van der Waals surface area contributed by atoms with Crippen LogP contribution in [0, 0.1) is 0 Å². The Morgan fingerprint density at radius 1 is 1.32 bits per heavy atom. The van der Waals surface area contributed by atoms with Crippen molar-refractivity contribution in [1.29, 1.82) is 0 Å². The van der Waals surface area contributed by atoms with Crippen LogP contribution in [0.2, 0.25) is 0 Å². The summed E-state index contributed by atoms with van der Waals surface area (Å²) in [5, 5.41) is 14.9. The van der Waals surface area contributed by atoms with Crippen molar-refractivity contribution in [1.82, 2.24) is 9.78 Å². The van der Waals surface area contributed by atoms with E-state index in [0.29, 0.717) is 0 Å². The van der Waals surface area contributed by atoms with E-state index in [2.05, 4.69) is 29.4 Å². The third-order valence-corrected chi connectivity index (χ3v) is 4.13. The largest absolute Gasteiger partial charge is 0.390 e. The van der Waals surface area contributed by atoms with Crippen LogP contribution in [0.25, 0.3) is 0 Å². The summed E-state index contributed by atoms with van der Waals surface area (Å²) < 4.78 is 1.82. The number of benzene rings is 1. The Hall–Kier alpha value is -1.61. The number of fused-ring (bicyclic) bond motifs is 1. The van der Waals surface area contributed by atoms with Gasteiger partial charge in [-0.05, 0) is 42.4 Å². The molecule has 3 heteroatoms. The zero-order valence-corrected chi connectivity index (χ0v) is 11.3. The average Bonchev–Trinajstić information content (AvgIpc) is 2.82. The summed E-state index contributed by atoms with van der Waals surface area (Å²) in [5.74, 6) is 0.